The Morgan fingerprint density at radius 1 is 1.00 bits per heavy atom. The van der Waals surface area contributed by atoms with Crippen molar-refractivity contribution in [2.75, 3.05) is 11.5 Å². The number of nitrogens with two attached hydrogens (primary N) is 2. The first kappa shape index (κ1) is 8.28. The Morgan fingerprint density at radius 2 is 1.43 bits per heavy atom. The zero-order valence-electron chi connectivity index (χ0n) is 7.15. The van der Waals surface area contributed by atoms with Gasteiger partial charge in [-0.1, -0.05) is 0 Å². The predicted octanol–water partition coefficient (Wildman–Crippen LogP) is 2.04. The molecule has 3 nitrogen and oxygen atoms in total. The van der Waals surface area contributed by atoms with Gasteiger partial charge in [-0.05, 0) is 12.1 Å². The average molecular weight is 224 g/mol. The molecule has 14 heavy (non-hydrogen) atoms. The Morgan fingerprint density at radius 3 is 1.86 bits per heavy atom. The molecule has 0 saturated carbocycles. The lowest BCUT2D eigenvalue weighted by Gasteiger charge is -2.00. The second-order valence-corrected chi connectivity index (χ2v) is 5.44. The van der Waals surface area contributed by atoms with E-state index in [2.05, 4.69) is 0 Å². The molecule has 0 fully saturated rings. The first-order valence-electron chi connectivity index (χ1n) is 4.13. The van der Waals surface area contributed by atoms with Crippen LogP contribution in [0, 0.1) is 0 Å². The van der Waals surface area contributed by atoms with E-state index in [4.69, 9.17) is 11.5 Å². The monoisotopic (exact) mass is 224 g/mol. The highest BCUT2D eigenvalue weighted by molar-refractivity contribution is 7.26. The third kappa shape index (κ3) is 0.890. The minimum absolute atomic E-state index is 0.540. The van der Waals surface area contributed by atoms with Crippen molar-refractivity contribution in [2.24, 2.45) is 0 Å². The Hall–Kier alpha value is -1.04. The number of anilines is 2. The number of fused-ring (bicyclic) bond motifs is 3. The fraction of sp³-hybridized carbons (Fsp3) is 0.111. The molecule has 0 aliphatic heterocycles. The molecule has 0 spiro atoms. The van der Waals surface area contributed by atoms with Gasteiger partial charge in [-0.2, -0.15) is 0 Å². The maximum atomic E-state index is 9.96. The molecule has 5 heteroatoms. The summed E-state index contributed by atoms with van der Waals surface area (Å²) in [5, 5.41) is 11.4. The Bertz CT molecular complexity index is 469. The van der Waals surface area contributed by atoms with Gasteiger partial charge in [0.1, 0.15) is 6.10 Å². The van der Waals surface area contributed by atoms with Gasteiger partial charge in [0.25, 0.3) is 0 Å². The van der Waals surface area contributed by atoms with Crippen LogP contribution in [0.4, 0.5) is 10.0 Å². The molecule has 2 aromatic heterocycles. The molecule has 3 rings (SSSR count). The van der Waals surface area contributed by atoms with Crippen LogP contribution in [0.1, 0.15) is 17.2 Å². The second-order valence-electron chi connectivity index (χ2n) is 3.27. The highest BCUT2D eigenvalue weighted by Crippen LogP contribution is 2.52. The van der Waals surface area contributed by atoms with Crippen molar-refractivity contribution in [1.82, 2.24) is 0 Å². The van der Waals surface area contributed by atoms with Gasteiger partial charge in [-0.3, -0.25) is 0 Å². The summed E-state index contributed by atoms with van der Waals surface area (Å²) in [6.07, 6.45) is -0.540. The lowest BCUT2D eigenvalue weighted by molar-refractivity contribution is 0.226. The van der Waals surface area contributed by atoms with Gasteiger partial charge in [0.2, 0.25) is 0 Å². The van der Waals surface area contributed by atoms with Crippen molar-refractivity contribution in [1.29, 1.82) is 0 Å². The van der Waals surface area contributed by atoms with Crippen molar-refractivity contribution in [3.8, 4) is 9.75 Å². The number of hydrogen-bond donors (Lipinski definition) is 3. The van der Waals surface area contributed by atoms with Crippen LogP contribution >= 0.6 is 22.7 Å². The van der Waals surface area contributed by atoms with E-state index in [0.29, 0.717) is 0 Å². The summed E-state index contributed by atoms with van der Waals surface area (Å²) in [4.78, 5) is 2.15. The van der Waals surface area contributed by atoms with Crippen molar-refractivity contribution in [3.63, 3.8) is 0 Å². The number of rotatable bonds is 0. The number of hydrogen-bond acceptors (Lipinski definition) is 5. The average Bonchev–Trinajstić information content (AvgIpc) is 2.71. The topological polar surface area (TPSA) is 72.3 Å². The van der Waals surface area contributed by atoms with Gasteiger partial charge in [-0.15, -0.1) is 22.7 Å². The highest BCUT2D eigenvalue weighted by Gasteiger charge is 2.31. The van der Waals surface area contributed by atoms with Crippen LogP contribution in [0.25, 0.3) is 9.75 Å². The molecule has 1 aliphatic carbocycles. The lowest BCUT2D eigenvalue weighted by atomic mass is 10.1. The fourth-order valence-corrected chi connectivity index (χ4v) is 3.87. The summed E-state index contributed by atoms with van der Waals surface area (Å²) < 4.78 is 0. The third-order valence-electron chi connectivity index (χ3n) is 2.36. The number of thiophene rings is 2. The molecular weight excluding hydrogens is 216 g/mol. The molecule has 0 amide bonds. The summed E-state index contributed by atoms with van der Waals surface area (Å²) in [6, 6.07) is 3.68. The summed E-state index contributed by atoms with van der Waals surface area (Å²) >= 11 is 3.02. The van der Waals surface area contributed by atoms with Crippen molar-refractivity contribution < 1.29 is 5.11 Å². The Kier molecular flexibility index (Phi) is 1.48. The van der Waals surface area contributed by atoms with Crippen LogP contribution < -0.4 is 11.5 Å². The number of aliphatic hydroxyl groups excluding tert-OH is 1. The van der Waals surface area contributed by atoms with E-state index in [1.54, 1.807) is 0 Å². The summed E-state index contributed by atoms with van der Waals surface area (Å²) in [6.45, 7) is 0. The maximum Gasteiger partial charge on any atom is 0.107 e. The van der Waals surface area contributed by atoms with Crippen LogP contribution in [0.5, 0.6) is 0 Å². The van der Waals surface area contributed by atoms with Gasteiger partial charge in [-0.25, -0.2) is 0 Å². The zero-order chi connectivity index (χ0) is 9.87. The lowest BCUT2D eigenvalue weighted by Crippen LogP contribution is -1.92. The largest absolute Gasteiger partial charge is 0.391 e. The Labute approximate surface area is 88.6 Å². The quantitative estimate of drug-likeness (QED) is 0.641. The third-order valence-corrected chi connectivity index (χ3v) is 4.48. The van der Waals surface area contributed by atoms with Crippen LogP contribution in [0.2, 0.25) is 0 Å². The summed E-state index contributed by atoms with van der Waals surface area (Å²) in [5.41, 5.74) is 13.2. The first-order chi connectivity index (χ1) is 6.66. The second kappa shape index (κ2) is 2.50. The van der Waals surface area contributed by atoms with E-state index >= 15 is 0 Å². The smallest absolute Gasteiger partial charge is 0.107 e. The highest BCUT2D eigenvalue weighted by atomic mass is 32.1. The summed E-state index contributed by atoms with van der Waals surface area (Å²) in [5.74, 6) is 0. The molecule has 2 aromatic rings. The predicted molar refractivity (Wildman–Crippen MR) is 60.5 cm³/mol. The van der Waals surface area contributed by atoms with Gasteiger partial charge >= 0.3 is 0 Å². The Balaban J connectivity index is 2.32. The minimum Gasteiger partial charge on any atom is -0.391 e. The molecule has 0 atom stereocenters. The standard InChI is InChI=1S/C9H8N2OS2/c10-5-1-3-7(12)4-2-6(11)14-9(4)8(3)13-5/h1-2,7,12H,10-11H2. The molecule has 0 unspecified atom stereocenters. The van der Waals surface area contributed by atoms with Gasteiger partial charge in [0, 0.05) is 11.1 Å². The van der Waals surface area contributed by atoms with E-state index in [-0.39, 0.29) is 0 Å². The van der Waals surface area contributed by atoms with Gasteiger partial charge < -0.3 is 16.6 Å². The van der Waals surface area contributed by atoms with Crippen LogP contribution in [0.3, 0.4) is 0 Å². The van der Waals surface area contributed by atoms with Crippen molar-refractivity contribution >= 4 is 32.7 Å². The van der Waals surface area contributed by atoms with Crippen molar-refractivity contribution in [3.05, 3.63) is 23.3 Å². The SMILES string of the molecule is Nc1cc2c(s1)-c1sc(N)cc1C2O. The van der Waals surface area contributed by atoms with Crippen LogP contribution in [-0.2, 0) is 0 Å². The van der Waals surface area contributed by atoms with Crippen LogP contribution in [0.15, 0.2) is 12.1 Å². The molecule has 2 heterocycles. The molecule has 0 aromatic carbocycles. The van der Waals surface area contributed by atoms with Crippen LogP contribution in [-0.4, -0.2) is 5.11 Å². The fourth-order valence-electron chi connectivity index (χ4n) is 1.78. The maximum absolute atomic E-state index is 9.96. The molecule has 72 valence electrons. The summed E-state index contributed by atoms with van der Waals surface area (Å²) in [7, 11) is 0. The molecule has 0 saturated heterocycles. The van der Waals surface area contributed by atoms with E-state index in [1.807, 2.05) is 12.1 Å². The normalized spacial score (nSPS) is 14.4. The minimum atomic E-state index is -0.540. The van der Waals surface area contributed by atoms with E-state index in [9.17, 15) is 5.11 Å². The van der Waals surface area contributed by atoms with Gasteiger partial charge in [0.15, 0.2) is 0 Å². The number of nitrogen functional groups attached to an aromatic ring is 2. The number of aliphatic hydroxyl groups is 1. The zero-order valence-corrected chi connectivity index (χ0v) is 8.78. The van der Waals surface area contributed by atoms with E-state index in [0.717, 1.165) is 30.9 Å². The molecule has 5 N–H and O–H groups in total. The van der Waals surface area contributed by atoms with E-state index < -0.39 is 6.10 Å². The molecule has 0 bridgehead atoms. The van der Waals surface area contributed by atoms with Crippen molar-refractivity contribution in [2.45, 2.75) is 6.10 Å². The van der Waals surface area contributed by atoms with Gasteiger partial charge in [0.05, 0.1) is 19.8 Å². The first-order valence-corrected chi connectivity index (χ1v) is 5.77. The molecule has 1 aliphatic rings. The molecular formula is C9H8N2OS2. The van der Waals surface area contributed by atoms with E-state index in [1.165, 1.54) is 22.7 Å². The molecule has 0 radical (unpaired) electrons.